The summed E-state index contributed by atoms with van der Waals surface area (Å²) in [5, 5.41) is 12.9. The Morgan fingerprint density at radius 1 is 1.29 bits per heavy atom. The van der Waals surface area contributed by atoms with Crippen molar-refractivity contribution in [1.82, 2.24) is 5.32 Å². The van der Waals surface area contributed by atoms with E-state index >= 15 is 0 Å². The van der Waals surface area contributed by atoms with Gasteiger partial charge in [-0.3, -0.25) is 4.99 Å². The van der Waals surface area contributed by atoms with Gasteiger partial charge in [0.1, 0.15) is 11.6 Å². The molecule has 2 aliphatic rings. The van der Waals surface area contributed by atoms with Crippen LogP contribution in [0.15, 0.2) is 23.2 Å². The quantitative estimate of drug-likeness (QED) is 0.508. The van der Waals surface area contributed by atoms with Crippen molar-refractivity contribution in [2.24, 2.45) is 4.99 Å². The Hall–Kier alpha value is -1.71. The average Bonchev–Trinajstić information content (AvgIpc) is 2.76. The zero-order chi connectivity index (χ0) is 11.8. The lowest BCUT2D eigenvalue weighted by Crippen LogP contribution is -2.37. The predicted octanol–water partition coefficient (Wildman–Crippen LogP) is 1.64. The smallest absolute Gasteiger partial charge is 0.138 e. The van der Waals surface area contributed by atoms with Crippen molar-refractivity contribution in [3.05, 3.63) is 23.8 Å². The second-order valence-corrected chi connectivity index (χ2v) is 4.85. The Morgan fingerprint density at radius 3 is 2.88 bits per heavy atom. The zero-order valence-electron chi connectivity index (χ0n) is 9.69. The standard InChI is InChI=1S/C13H17N3O/c14-9-7-8(5-6-12(9)17)13-15-10-3-1-2-4-11(10)16-13/h5-7,10-11,17H,1-4,14H2,(H,15,16). The topological polar surface area (TPSA) is 70.6 Å². The molecule has 0 saturated heterocycles. The van der Waals surface area contributed by atoms with E-state index in [2.05, 4.69) is 5.32 Å². The van der Waals surface area contributed by atoms with Crippen LogP contribution >= 0.6 is 0 Å². The summed E-state index contributed by atoms with van der Waals surface area (Å²) in [5.74, 6) is 1.05. The van der Waals surface area contributed by atoms with Gasteiger partial charge in [0.25, 0.3) is 0 Å². The van der Waals surface area contributed by atoms with Crippen molar-refractivity contribution in [1.29, 1.82) is 0 Å². The minimum atomic E-state index is 0.129. The number of amidine groups is 1. The second kappa shape index (κ2) is 3.95. The third-order valence-electron chi connectivity index (χ3n) is 3.65. The third-order valence-corrected chi connectivity index (χ3v) is 3.65. The molecular formula is C13H17N3O. The molecule has 0 aromatic heterocycles. The number of nitrogens with one attached hydrogen (secondary N) is 1. The van der Waals surface area contributed by atoms with Crippen molar-refractivity contribution in [3.8, 4) is 5.75 Å². The first-order valence-electron chi connectivity index (χ1n) is 6.17. The average molecular weight is 231 g/mol. The number of hydrogen-bond donors (Lipinski definition) is 3. The highest BCUT2D eigenvalue weighted by Gasteiger charge is 2.31. The van der Waals surface area contributed by atoms with E-state index in [0.29, 0.717) is 17.8 Å². The molecule has 90 valence electrons. The fourth-order valence-electron chi connectivity index (χ4n) is 2.67. The van der Waals surface area contributed by atoms with Gasteiger partial charge in [-0.1, -0.05) is 12.8 Å². The van der Waals surface area contributed by atoms with Gasteiger partial charge in [-0.05, 0) is 31.0 Å². The SMILES string of the molecule is Nc1cc(C2=NC3CCCCC3N2)ccc1O. The van der Waals surface area contributed by atoms with Gasteiger partial charge in [-0.2, -0.15) is 0 Å². The van der Waals surface area contributed by atoms with E-state index in [9.17, 15) is 5.11 Å². The summed E-state index contributed by atoms with van der Waals surface area (Å²) in [4.78, 5) is 4.72. The summed E-state index contributed by atoms with van der Waals surface area (Å²) in [6.07, 6.45) is 4.94. The number of anilines is 1. The summed E-state index contributed by atoms with van der Waals surface area (Å²) in [5.41, 5.74) is 7.07. The molecule has 4 nitrogen and oxygen atoms in total. The Morgan fingerprint density at radius 2 is 2.12 bits per heavy atom. The third kappa shape index (κ3) is 1.84. The van der Waals surface area contributed by atoms with Crippen LogP contribution in [0.5, 0.6) is 5.75 Å². The number of rotatable bonds is 1. The molecule has 2 unspecified atom stereocenters. The van der Waals surface area contributed by atoms with E-state index in [1.807, 2.05) is 6.07 Å². The number of aliphatic imine (C=N–C) groups is 1. The fourth-order valence-corrected chi connectivity index (χ4v) is 2.67. The summed E-state index contributed by atoms with van der Waals surface area (Å²) in [7, 11) is 0. The number of nitrogens with two attached hydrogens (primary N) is 1. The molecule has 1 aromatic carbocycles. The molecular weight excluding hydrogens is 214 g/mol. The molecule has 3 rings (SSSR count). The van der Waals surface area contributed by atoms with Gasteiger partial charge in [0, 0.05) is 11.6 Å². The number of fused-ring (bicyclic) bond motifs is 1. The molecule has 0 bridgehead atoms. The van der Waals surface area contributed by atoms with Crippen molar-refractivity contribution < 1.29 is 5.11 Å². The number of nitrogens with zero attached hydrogens (tertiary/aromatic N) is 1. The molecule has 0 radical (unpaired) electrons. The number of benzene rings is 1. The van der Waals surface area contributed by atoms with E-state index in [4.69, 9.17) is 10.7 Å². The van der Waals surface area contributed by atoms with E-state index in [0.717, 1.165) is 11.4 Å². The largest absolute Gasteiger partial charge is 0.506 e. The molecule has 4 heteroatoms. The number of hydrogen-bond acceptors (Lipinski definition) is 4. The highest BCUT2D eigenvalue weighted by atomic mass is 16.3. The molecule has 1 aliphatic carbocycles. The van der Waals surface area contributed by atoms with Crippen LogP contribution in [-0.4, -0.2) is 23.0 Å². The Balaban J connectivity index is 1.87. The van der Waals surface area contributed by atoms with Gasteiger partial charge in [0.15, 0.2) is 0 Å². The van der Waals surface area contributed by atoms with Gasteiger partial charge in [-0.25, -0.2) is 0 Å². The lowest BCUT2D eigenvalue weighted by Gasteiger charge is -2.23. The maximum Gasteiger partial charge on any atom is 0.138 e. The van der Waals surface area contributed by atoms with E-state index in [-0.39, 0.29) is 5.75 Å². The minimum absolute atomic E-state index is 0.129. The van der Waals surface area contributed by atoms with Gasteiger partial charge in [0.05, 0.1) is 11.7 Å². The van der Waals surface area contributed by atoms with Crippen molar-refractivity contribution in [2.45, 2.75) is 37.8 Å². The number of nitrogen functional groups attached to an aromatic ring is 1. The van der Waals surface area contributed by atoms with Gasteiger partial charge >= 0.3 is 0 Å². The molecule has 1 heterocycles. The second-order valence-electron chi connectivity index (χ2n) is 4.85. The summed E-state index contributed by atoms with van der Waals surface area (Å²) in [6, 6.07) is 6.17. The normalized spacial score (nSPS) is 27.2. The highest BCUT2D eigenvalue weighted by Crippen LogP contribution is 2.27. The summed E-state index contributed by atoms with van der Waals surface area (Å²) >= 11 is 0. The maximum absolute atomic E-state index is 9.41. The molecule has 0 amide bonds. The molecule has 1 aliphatic heterocycles. The van der Waals surface area contributed by atoms with Gasteiger partial charge < -0.3 is 16.2 Å². The molecule has 0 spiro atoms. The number of aromatic hydroxyl groups is 1. The van der Waals surface area contributed by atoms with Crippen LogP contribution in [0, 0.1) is 0 Å². The van der Waals surface area contributed by atoms with Crippen molar-refractivity contribution in [2.75, 3.05) is 5.73 Å². The minimum Gasteiger partial charge on any atom is -0.506 e. The molecule has 2 atom stereocenters. The number of phenolic OH excluding ortho intramolecular Hbond substituents is 1. The van der Waals surface area contributed by atoms with E-state index in [1.54, 1.807) is 12.1 Å². The maximum atomic E-state index is 9.41. The van der Waals surface area contributed by atoms with Crippen LogP contribution in [0.4, 0.5) is 5.69 Å². The first-order valence-corrected chi connectivity index (χ1v) is 6.17. The van der Waals surface area contributed by atoms with Crippen LogP contribution in [0.2, 0.25) is 0 Å². The van der Waals surface area contributed by atoms with Gasteiger partial charge in [-0.15, -0.1) is 0 Å². The number of phenols is 1. The van der Waals surface area contributed by atoms with Crippen LogP contribution < -0.4 is 11.1 Å². The Kier molecular flexibility index (Phi) is 2.42. The van der Waals surface area contributed by atoms with E-state index in [1.165, 1.54) is 25.7 Å². The lowest BCUT2D eigenvalue weighted by atomic mass is 9.92. The monoisotopic (exact) mass is 231 g/mol. The fraction of sp³-hybridized carbons (Fsp3) is 0.462. The molecule has 17 heavy (non-hydrogen) atoms. The van der Waals surface area contributed by atoms with Crippen LogP contribution in [0.25, 0.3) is 0 Å². The highest BCUT2D eigenvalue weighted by molar-refractivity contribution is 6.01. The van der Waals surface area contributed by atoms with Crippen molar-refractivity contribution in [3.63, 3.8) is 0 Å². The van der Waals surface area contributed by atoms with Crippen molar-refractivity contribution >= 4 is 11.5 Å². The van der Waals surface area contributed by atoms with Gasteiger partial charge in [0.2, 0.25) is 0 Å². The zero-order valence-corrected chi connectivity index (χ0v) is 9.69. The molecule has 1 fully saturated rings. The molecule has 1 aromatic rings. The molecule has 4 N–H and O–H groups in total. The van der Waals surface area contributed by atoms with Crippen LogP contribution in [0.3, 0.4) is 0 Å². The summed E-state index contributed by atoms with van der Waals surface area (Å²) in [6.45, 7) is 0. The molecule has 1 saturated carbocycles. The van der Waals surface area contributed by atoms with Crippen LogP contribution in [0.1, 0.15) is 31.2 Å². The van der Waals surface area contributed by atoms with E-state index < -0.39 is 0 Å². The first kappa shape index (κ1) is 10.4. The lowest BCUT2D eigenvalue weighted by molar-refractivity contribution is 0.385. The Labute approximate surface area is 101 Å². The Bertz CT molecular complexity index is 470. The van der Waals surface area contributed by atoms with Crippen LogP contribution in [-0.2, 0) is 0 Å². The first-order chi connectivity index (χ1) is 8.24. The predicted molar refractivity (Wildman–Crippen MR) is 68.2 cm³/mol. The summed E-state index contributed by atoms with van der Waals surface area (Å²) < 4.78 is 0.